The van der Waals surface area contributed by atoms with Crippen molar-refractivity contribution in [2.75, 3.05) is 5.32 Å². The van der Waals surface area contributed by atoms with E-state index in [9.17, 15) is 9.90 Å². The van der Waals surface area contributed by atoms with Crippen molar-refractivity contribution < 1.29 is 9.90 Å². The molecule has 1 heterocycles. The van der Waals surface area contributed by atoms with Gasteiger partial charge in [-0.3, -0.25) is 0 Å². The highest BCUT2D eigenvalue weighted by Gasteiger charge is 2.15. The summed E-state index contributed by atoms with van der Waals surface area (Å²) < 4.78 is 1.06. The van der Waals surface area contributed by atoms with E-state index in [1.807, 2.05) is 38.1 Å². The second-order valence-corrected chi connectivity index (χ2v) is 5.83. The van der Waals surface area contributed by atoms with Gasteiger partial charge in [0.05, 0.1) is 11.9 Å². The van der Waals surface area contributed by atoms with Gasteiger partial charge in [0.2, 0.25) is 0 Å². The Morgan fingerprint density at radius 2 is 2.15 bits per heavy atom. The van der Waals surface area contributed by atoms with Crippen molar-refractivity contribution in [3.8, 4) is 0 Å². The number of halogens is 1. The molecule has 1 aromatic heterocycles. The third kappa shape index (κ3) is 3.44. The summed E-state index contributed by atoms with van der Waals surface area (Å²) in [6, 6.07) is 7.64. The zero-order valence-electron chi connectivity index (χ0n) is 11.1. The van der Waals surface area contributed by atoms with E-state index >= 15 is 0 Å². The molecule has 0 aliphatic carbocycles. The van der Waals surface area contributed by atoms with E-state index in [1.165, 1.54) is 6.20 Å². The summed E-state index contributed by atoms with van der Waals surface area (Å²) in [5.74, 6) is -0.460. The van der Waals surface area contributed by atoms with Crippen LogP contribution in [0.5, 0.6) is 0 Å². The number of aromatic carboxylic acids is 1. The van der Waals surface area contributed by atoms with Crippen molar-refractivity contribution in [2.45, 2.75) is 19.8 Å². The second kappa shape index (κ2) is 6.17. The minimum Gasteiger partial charge on any atom is -0.476 e. The number of aromatic nitrogens is 2. The van der Waals surface area contributed by atoms with Crippen molar-refractivity contribution in [3.63, 3.8) is 0 Å². The van der Waals surface area contributed by atoms with E-state index < -0.39 is 5.97 Å². The SMILES string of the molecule is CC(C)c1ncc(Nc2cccc(I)c2)c(C(=O)O)n1. The predicted molar refractivity (Wildman–Crippen MR) is 85.5 cm³/mol. The zero-order valence-corrected chi connectivity index (χ0v) is 13.2. The molecule has 20 heavy (non-hydrogen) atoms. The van der Waals surface area contributed by atoms with Gasteiger partial charge in [0, 0.05) is 15.2 Å². The summed E-state index contributed by atoms with van der Waals surface area (Å²) in [7, 11) is 0. The van der Waals surface area contributed by atoms with Gasteiger partial charge < -0.3 is 10.4 Å². The van der Waals surface area contributed by atoms with Gasteiger partial charge in [-0.1, -0.05) is 19.9 Å². The van der Waals surface area contributed by atoms with Crippen LogP contribution in [-0.2, 0) is 0 Å². The Kier molecular flexibility index (Phi) is 4.53. The summed E-state index contributed by atoms with van der Waals surface area (Å²) in [5.41, 5.74) is 1.19. The lowest BCUT2D eigenvalue weighted by Gasteiger charge is -2.11. The van der Waals surface area contributed by atoms with E-state index in [4.69, 9.17) is 0 Å². The highest BCUT2D eigenvalue weighted by molar-refractivity contribution is 14.1. The van der Waals surface area contributed by atoms with Crippen LogP contribution in [-0.4, -0.2) is 21.0 Å². The molecule has 2 rings (SSSR count). The molecule has 0 fully saturated rings. The van der Waals surface area contributed by atoms with Gasteiger partial charge in [-0.2, -0.15) is 0 Å². The molecule has 0 atom stereocenters. The molecule has 0 aliphatic rings. The number of hydrogen-bond acceptors (Lipinski definition) is 4. The van der Waals surface area contributed by atoms with Crippen molar-refractivity contribution in [1.82, 2.24) is 9.97 Å². The Labute approximate surface area is 130 Å². The summed E-state index contributed by atoms with van der Waals surface area (Å²) >= 11 is 2.20. The average Bonchev–Trinajstić information content (AvgIpc) is 2.38. The van der Waals surface area contributed by atoms with Gasteiger partial charge in [0.15, 0.2) is 5.69 Å². The van der Waals surface area contributed by atoms with Crippen LogP contribution in [0.25, 0.3) is 0 Å². The van der Waals surface area contributed by atoms with Crippen LogP contribution in [0.2, 0.25) is 0 Å². The number of rotatable bonds is 4. The minimum atomic E-state index is -1.07. The largest absolute Gasteiger partial charge is 0.476 e. The molecule has 0 unspecified atom stereocenters. The Hall–Kier alpha value is -1.70. The number of carboxylic acid groups (broad SMARTS) is 1. The highest BCUT2D eigenvalue weighted by Crippen LogP contribution is 2.22. The number of anilines is 2. The van der Waals surface area contributed by atoms with E-state index in [-0.39, 0.29) is 11.6 Å². The molecule has 0 saturated heterocycles. The first-order chi connectivity index (χ1) is 9.47. The first-order valence-electron chi connectivity index (χ1n) is 6.10. The van der Waals surface area contributed by atoms with Crippen molar-refractivity contribution >= 4 is 39.9 Å². The molecule has 0 bridgehead atoms. The van der Waals surface area contributed by atoms with Gasteiger partial charge in [-0.25, -0.2) is 14.8 Å². The summed E-state index contributed by atoms with van der Waals surface area (Å²) in [4.78, 5) is 19.6. The molecule has 6 heteroatoms. The topological polar surface area (TPSA) is 75.1 Å². The zero-order chi connectivity index (χ0) is 14.7. The lowest BCUT2D eigenvalue weighted by atomic mass is 10.2. The fraction of sp³-hybridized carbons (Fsp3) is 0.214. The molecule has 0 saturated carbocycles. The Morgan fingerprint density at radius 1 is 1.40 bits per heavy atom. The molecule has 1 aromatic carbocycles. The van der Waals surface area contributed by atoms with Crippen molar-refractivity contribution in [2.24, 2.45) is 0 Å². The van der Waals surface area contributed by atoms with E-state index in [0.29, 0.717) is 11.5 Å². The third-order valence-electron chi connectivity index (χ3n) is 2.63. The monoisotopic (exact) mass is 383 g/mol. The lowest BCUT2D eigenvalue weighted by Crippen LogP contribution is -2.10. The van der Waals surface area contributed by atoms with Crippen LogP contribution < -0.4 is 5.32 Å². The third-order valence-corrected chi connectivity index (χ3v) is 3.30. The van der Waals surface area contributed by atoms with Crippen LogP contribution in [0.3, 0.4) is 0 Å². The van der Waals surface area contributed by atoms with Gasteiger partial charge in [0.25, 0.3) is 0 Å². The molecule has 0 radical (unpaired) electrons. The smallest absolute Gasteiger partial charge is 0.356 e. The highest BCUT2D eigenvalue weighted by atomic mass is 127. The predicted octanol–water partition coefficient (Wildman–Crippen LogP) is 3.65. The standard InChI is InChI=1S/C14H14IN3O2/c1-8(2)13-16-7-11(12(18-13)14(19)20)17-10-5-3-4-9(15)6-10/h3-8,17H,1-2H3,(H,19,20). The van der Waals surface area contributed by atoms with Crippen molar-refractivity contribution in [3.05, 3.63) is 45.6 Å². The van der Waals surface area contributed by atoms with Gasteiger partial charge >= 0.3 is 5.97 Å². The molecule has 2 aromatic rings. The number of hydrogen-bond donors (Lipinski definition) is 2. The Balaban J connectivity index is 2.38. The average molecular weight is 383 g/mol. The van der Waals surface area contributed by atoms with Crippen LogP contribution in [0.15, 0.2) is 30.5 Å². The maximum Gasteiger partial charge on any atom is 0.356 e. The molecule has 0 amide bonds. The van der Waals surface area contributed by atoms with Crippen molar-refractivity contribution in [1.29, 1.82) is 0 Å². The molecule has 5 nitrogen and oxygen atoms in total. The molecular formula is C14H14IN3O2. The number of carbonyl (C=O) groups is 1. The second-order valence-electron chi connectivity index (χ2n) is 4.59. The maximum absolute atomic E-state index is 11.3. The Morgan fingerprint density at radius 3 is 2.75 bits per heavy atom. The maximum atomic E-state index is 11.3. The van der Waals surface area contributed by atoms with Gasteiger partial charge in [-0.05, 0) is 40.8 Å². The molecule has 2 N–H and O–H groups in total. The first-order valence-corrected chi connectivity index (χ1v) is 7.18. The molecule has 104 valence electrons. The van der Waals surface area contributed by atoms with Gasteiger partial charge in [0.1, 0.15) is 5.82 Å². The van der Waals surface area contributed by atoms with Crippen LogP contribution in [0, 0.1) is 3.57 Å². The van der Waals surface area contributed by atoms with Gasteiger partial charge in [-0.15, -0.1) is 0 Å². The van der Waals surface area contributed by atoms with Crippen LogP contribution in [0.4, 0.5) is 11.4 Å². The summed E-state index contributed by atoms with van der Waals surface area (Å²) in [5, 5.41) is 12.3. The van der Waals surface area contributed by atoms with E-state index in [1.54, 1.807) is 0 Å². The number of carboxylic acids is 1. The first kappa shape index (κ1) is 14.7. The lowest BCUT2D eigenvalue weighted by molar-refractivity contribution is 0.0691. The summed E-state index contributed by atoms with van der Waals surface area (Å²) in [6.07, 6.45) is 1.52. The van der Waals surface area contributed by atoms with Crippen LogP contribution >= 0.6 is 22.6 Å². The Bertz CT molecular complexity index is 644. The number of benzene rings is 1. The quantitative estimate of drug-likeness (QED) is 0.789. The van der Waals surface area contributed by atoms with E-state index in [2.05, 4.69) is 37.9 Å². The molecule has 0 spiro atoms. The fourth-order valence-electron chi connectivity index (χ4n) is 1.65. The molecule has 0 aliphatic heterocycles. The van der Waals surface area contributed by atoms with Crippen LogP contribution in [0.1, 0.15) is 36.1 Å². The van der Waals surface area contributed by atoms with E-state index in [0.717, 1.165) is 9.26 Å². The summed E-state index contributed by atoms with van der Waals surface area (Å²) in [6.45, 7) is 3.85. The normalized spacial score (nSPS) is 10.6. The minimum absolute atomic E-state index is 0.0115. The number of nitrogens with zero attached hydrogens (tertiary/aromatic N) is 2. The number of nitrogens with one attached hydrogen (secondary N) is 1. The fourth-order valence-corrected chi connectivity index (χ4v) is 2.19. The molecular weight excluding hydrogens is 369 g/mol.